The van der Waals surface area contributed by atoms with Crippen molar-refractivity contribution >= 4 is 11.8 Å². The number of methoxy groups -OCH3 is 1. The number of halogens is 1. The predicted molar refractivity (Wildman–Crippen MR) is 89.5 cm³/mol. The van der Waals surface area contributed by atoms with Crippen LogP contribution in [0.1, 0.15) is 48.9 Å². The van der Waals surface area contributed by atoms with Crippen LogP contribution in [0.25, 0.3) is 0 Å². The van der Waals surface area contributed by atoms with Crippen molar-refractivity contribution in [3.05, 3.63) is 29.8 Å². The van der Waals surface area contributed by atoms with Gasteiger partial charge in [-0.2, -0.15) is 0 Å². The smallest absolute Gasteiger partial charge is 0.254 e. The van der Waals surface area contributed by atoms with Gasteiger partial charge in [0.15, 0.2) is 5.82 Å². The lowest BCUT2D eigenvalue weighted by molar-refractivity contribution is -0.133. The molecule has 1 aromatic rings. The van der Waals surface area contributed by atoms with E-state index in [-0.39, 0.29) is 23.1 Å². The zero-order valence-electron chi connectivity index (χ0n) is 14.5. The summed E-state index contributed by atoms with van der Waals surface area (Å²) in [5, 5.41) is 2.92. The second-order valence-electron chi connectivity index (χ2n) is 6.87. The van der Waals surface area contributed by atoms with Crippen LogP contribution < -0.4 is 5.32 Å². The standard InChI is InChI=1S/C18H24FN3O3/c1-25-11-10-22-16(23)4-8-18(22)6-2-13(3-7-18)21-17(24)14-5-9-20-12-15(14)19/h5,9,12-13H,2-4,6-8,10-11H2,1H3,(H,21,24). The van der Waals surface area contributed by atoms with Crippen molar-refractivity contribution in [2.24, 2.45) is 0 Å². The number of nitrogens with zero attached hydrogens (tertiary/aromatic N) is 2. The molecule has 25 heavy (non-hydrogen) atoms. The summed E-state index contributed by atoms with van der Waals surface area (Å²) in [5.74, 6) is -0.822. The largest absolute Gasteiger partial charge is 0.383 e. The zero-order valence-corrected chi connectivity index (χ0v) is 14.5. The van der Waals surface area contributed by atoms with Gasteiger partial charge in [-0.15, -0.1) is 0 Å². The summed E-state index contributed by atoms with van der Waals surface area (Å²) in [5.41, 5.74) is -0.0771. The minimum absolute atomic E-state index is 0.00525. The van der Waals surface area contributed by atoms with Crippen LogP contribution in [0, 0.1) is 5.82 Å². The third-order valence-corrected chi connectivity index (χ3v) is 5.47. The summed E-state index contributed by atoms with van der Waals surface area (Å²) in [6.45, 7) is 1.16. The van der Waals surface area contributed by atoms with Crippen LogP contribution in [-0.4, -0.2) is 53.5 Å². The maximum atomic E-state index is 13.7. The lowest BCUT2D eigenvalue weighted by Gasteiger charge is -2.44. The summed E-state index contributed by atoms with van der Waals surface area (Å²) < 4.78 is 18.8. The van der Waals surface area contributed by atoms with Gasteiger partial charge in [0.25, 0.3) is 5.91 Å². The summed E-state index contributed by atoms with van der Waals surface area (Å²) >= 11 is 0. The van der Waals surface area contributed by atoms with E-state index in [0.29, 0.717) is 19.6 Å². The fourth-order valence-electron chi connectivity index (χ4n) is 4.06. The van der Waals surface area contributed by atoms with E-state index in [4.69, 9.17) is 4.74 Å². The Morgan fingerprint density at radius 3 is 2.88 bits per heavy atom. The van der Waals surface area contributed by atoms with E-state index < -0.39 is 11.7 Å². The van der Waals surface area contributed by atoms with Crippen LogP contribution in [0.3, 0.4) is 0 Å². The topological polar surface area (TPSA) is 71.5 Å². The van der Waals surface area contributed by atoms with Gasteiger partial charge in [0.2, 0.25) is 5.91 Å². The number of hydrogen-bond acceptors (Lipinski definition) is 4. The van der Waals surface area contributed by atoms with Crippen molar-refractivity contribution in [1.29, 1.82) is 0 Å². The number of rotatable bonds is 5. The molecule has 1 spiro atoms. The molecule has 0 radical (unpaired) electrons. The molecule has 1 saturated carbocycles. The number of likely N-dealkylation sites (tertiary alicyclic amines) is 1. The lowest BCUT2D eigenvalue weighted by atomic mass is 9.77. The number of amides is 2. The van der Waals surface area contributed by atoms with Crippen LogP contribution >= 0.6 is 0 Å². The van der Waals surface area contributed by atoms with Gasteiger partial charge in [-0.1, -0.05) is 0 Å². The van der Waals surface area contributed by atoms with E-state index in [9.17, 15) is 14.0 Å². The van der Waals surface area contributed by atoms with Crippen molar-refractivity contribution in [2.75, 3.05) is 20.3 Å². The van der Waals surface area contributed by atoms with Gasteiger partial charge in [-0.25, -0.2) is 4.39 Å². The quantitative estimate of drug-likeness (QED) is 0.881. The third kappa shape index (κ3) is 3.66. The molecule has 1 aliphatic carbocycles. The Morgan fingerprint density at radius 2 is 2.20 bits per heavy atom. The molecule has 6 nitrogen and oxygen atoms in total. The first kappa shape index (κ1) is 17.8. The van der Waals surface area contributed by atoms with Crippen LogP contribution in [0.5, 0.6) is 0 Å². The van der Waals surface area contributed by atoms with Gasteiger partial charge >= 0.3 is 0 Å². The number of carbonyl (C=O) groups is 2. The van der Waals surface area contributed by atoms with E-state index >= 15 is 0 Å². The van der Waals surface area contributed by atoms with Crippen LogP contribution in [0.2, 0.25) is 0 Å². The maximum absolute atomic E-state index is 13.7. The number of aromatic nitrogens is 1. The molecule has 0 bridgehead atoms. The van der Waals surface area contributed by atoms with Gasteiger partial charge in [-0.3, -0.25) is 14.6 Å². The molecule has 0 unspecified atom stereocenters. The summed E-state index contributed by atoms with van der Waals surface area (Å²) in [6.07, 6.45) is 7.19. The van der Waals surface area contributed by atoms with Gasteiger partial charge in [0.05, 0.1) is 18.4 Å². The first-order chi connectivity index (χ1) is 12.1. The maximum Gasteiger partial charge on any atom is 0.254 e. The highest BCUT2D eigenvalue weighted by atomic mass is 19.1. The second-order valence-corrected chi connectivity index (χ2v) is 6.87. The Morgan fingerprint density at radius 1 is 1.44 bits per heavy atom. The zero-order chi connectivity index (χ0) is 17.9. The number of ether oxygens (including phenoxy) is 1. The molecule has 1 aliphatic heterocycles. The third-order valence-electron chi connectivity index (χ3n) is 5.47. The number of hydrogen-bond donors (Lipinski definition) is 1. The first-order valence-corrected chi connectivity index (χ1v) is 8.75. The molecular weight excluding hydrogens is 325 g/mol. The van der Waals surface area contributed by atoms with Gasteiger partial charge in [-0.05, 0) is 38.2 Å². The lowest BCUT2D eigenvalue weighted by Crippen LogP contribution is -2.52. The van der Waals surface area contributed by atoms with E-state index in [0.717, 1.165) is 38.3 Å². The Bertz CT molecular complexity index is 644. The number of nitrogens with one attached hydrogen (secondary N) is 1. The molecule has 2 fully saturated rings. The van der Waals surface area contributed by atoms with Crippen molar-refractivity contribution in [3.63, 3.8) is 0 Å². The molecule has 2 amide bonds. The van der Waals surface area contributed by atoms with Crippen molar-refractivity contribution in [3.8, 4) is 0 Å². The monoisotopic (exact) mass is 349 g/mol. The van der Waals surface area contributed by atoms with Crippen molar-refractivity contribution in [2.45, 2.75) is 50.1 Å². The predicted octanol–water partition coefficient (Wildman–Crippen LogP) is 1.90. The minimum Gasteiger partial charge on any atom is -0.383 e. The van der Waals surface area contributed by atoms with Gasteiger partial charge < -0.3 is 15.0 Å². The van der Waals surface area contributed by atoms with E-state index in [1.807, 2.05) is 4.90 Å². The van der Waals surface area contributed by atoms with Crippen LogP contribution in [0.4, 0.5) is 4.39 Å². The molecule has 0 aromatic carbocycles. The molecule has 1 saturated heterocycles. The number of pyridine rings is 1. The second kappa shape index (κ2) is 7.47. The highest BCUT2D eigenvalue weighted by Crippen LogP contribution is 2.42. The Hall–Kier alpha value is -2.02. The molecule has 136 valence electrons. The van der Waals surface area contributed by atoms with Crippen molar-refractivity contribution < 1.29 is 18.7 Å². The normalized spacial score (nSPS) is 26.2. The first-order valence-electron chi connectivity index (χ1n) is 8.75. The summed E-state index contributed by atoms with van der Waals surface area (Å²) in [6, 6.07) is 1.39. The van der Waals surface area contributed by atoms with E-state index in [2.05, 4.69) is 10.3 Å². The van der Waals surface area contributed by atoms with E-state index in [1.54, 1.807) is 7.11 Å². The Balaban J connectivity index is 1.59. The molecule has 3 rings (SSSR count). The number of carbonyl (C=O) groups excluding carboxylic acids is 2. The van der Waals surface area contributed by atoms with Crippen molar-refractivity contribution in [1.82, 2.24) is 15.2 Å². The van der Waals surface area contributed by atoms with Crippen LogP contribution in [-0.2, 0) is 9.53 Å². The SMILES string of the molecule is COCCN1C(=O)CCC12CCC(NC(=O)c1ccncc1F)CC2. The molecule has 0 atom stereocenters. The van der Waals surface area contributed by atoms with Gasteiger partial charge in [0, 0.05) is 37.9 Å². The highest BCUT2D eigenvalue weighted by molar-refractivity contribution is 5.94. The average Bonchev–Trinajstić information content (AvgIpc) is 2.91. The summed E-state index contributed by atoms with van der Waals surface area (Å²) in [4.78, 5) is 30.1. The minimum atomic E-state index is -0.612. The highest BCUT2D eigenvalue weighted by Gasteiger charge is 2.46. The molecule has 2 aliphatic rings. The average molecular weight is 349 g/mol. The Labute approximate surface area is 146 Å². The molecule has 2 heterocycles. The molecule has 1 aromatic heterocycles. The fourth-order valence-corrected chi connectivity index (χ4v) is 4.06. The fraction of sp³-hybridized carbons (Fsp3) is 0.611. The molecule has 7 heteroatoms. The molecular formula is C18H24FN3O3. The van der Waals surface area contributed by atoms with Gasteiger partial charge in [0.1, 0.15) is 0 Å². The molecule has 1 N–H and O–H groups in total. The Kier molecular flexibility index (Phi) is 5.32. The van der Waals surface area contributed by atoms with E-state index in [1.165, 1.54) is 12.3 Å². The summed E-state index contributed by atoms with van der Waals surface area (Å²) in [7, 11) is 1.64. The van der Waals surface area contributed by atoms with Crippen LogP contribution in [0.15, 0.2) is 18.5 Å².